The normalized spacial score (nSPS) is 12.7. The van der Waals surface area contributed by atoms with Crippen molar-refractivity contribution < 1.29 is 22.7 Å². The summed E-state index contributed by atoms with van der Waals surface area (Å²) in [6, 6.07) is 13.5. The van der Waals surface area contributed by atoms with Crippen molar-refractivity contribution in [2.75, 3.05) is 21.2 Å². The van der Waals surface area contributed by atoms with E-state index < -0.39 is 22.1 Å². The van der Waals surface area contributed by atoms with E-state index in [-0.39, 0.29) is 16.2 Å². The molecule has 0 aliphatic heterocycles. The van der Waals surface area contributed by atoms with E-state index in [1.807, 2.05) is 30.3 Å². The highest BCUT2D eigenvalue weighted by Crippen LogP contribution is 2.28. The molecule has 2 rings (SSSR count). The van der Waals surface area contributed by atoms with Crippen molar-refractivity contribution in [2.24, 2.45) is 0 Å². The summed E-state index contributed by atoms with van der Waals surface area (Å²) < 4.78 is 36.5. The second kappa shape index (κ2) is 7.67. The Morgan fingerprint density at radius 3 is 2.28 bits per heavy atom. The van der Waals surface area contributed by atoms with Crippen molar-refractivity contribution in [2.45, 2.75) is 17.9 Å². The number of esters is 1. The quantitative estimate of drug-likeness (QED) is 0.738. The van der Waals surface area contributed by atoms with Crippen LogP contribution in [0.1, 0.15) is 28.9 Å². The highest BCUT2D eigenvalue weighted by molar-refractivity contribution is 7.89. The molecule has 0 aliphatic carbocycles. The largest absolute Gasteiger partial charge is 0.495 e. The zero-order valence-electron chi connectivity index (χ0n) is 14.6. The van der Waals surface area contributed by atoms with E-state index in [1.165, 1.54) is 39.4 Å². The first-order chi connectivity index (χ1) is 11.8. The molecule has 0 bridgehead atoms. The summed E-state index contributed by atoms with van der Waals surface area (Å²) in [6.45, 7) is 1.76. The van der Waals surface area contributed by atoms with Gasteiger partial charge in [0.25, 0.3) is 0 Å². The fraction of sp³-hybridized carbons (Fsp3) is 0.278. The van der Waals surface area contributed by atoms with Gasteiger partial charge in [-0.3, -0.25) is 0 Å². The van der Waals surface area contributed by atoms with Crippen LogP contribution in [0.4, 0.5) is 0 Å². The van der Waals surface area contributed by atoms with Gasteiger partial charge < -0.3 is 9.47 Å². The molecule has 0 heterocycles. The van der Waals surface area contributed by atoms with Crippen molar-refractivity contribution in [1.29, 1.82) is 0 Å². The van der Waals surface area contributed by atoms with Gasteiger partial charge in [0.1, 0.15) is 16.7 Å². The lowest BCUT2D eigenvalue weighted by Crippen LogP contribution is -2.23. The van der Waals surface area contributed by atoms with E-state index in [9.17, 15) is 13.2 Å². The first-order valence-corrected chi connectivity index (χ1v) is 9.08. The summed E-state index contributed by atoms with van der Waals surface area (Å²) in [5, 5.41) is 0. The van der Waals surface area contributed by atoms with E-state index in [4.69, 9.17) is 9.47 Å². The van der Waals surface area contributed by atoms with Gasteiger partial charge in [0.15, 0.2) is 0 Å². The Balaban J connectivity index is 2.32. The minimum Gasteiger partial charge on any atom is -0.495 e. The Bertz CT molecular complexity index is 847. The van der Waals surface area contributed by atoms with Gasteiger partial charge in [-0.15, -0.1) is 0 Å². The van der Waals surface area contributed by atoms with Crippen LogP contribution in [-0.2, 0) is 14.8 Å². The molecule has 1 atom stereocenters. The monoisotopic (exact) mass is 363 g/mol. The number of rotatable bonds is 6. The molecule has 7 heteroatoms. The Kier molecular flexibility index (Phi) is 5.81. The number of carbonyl (C=O) groups is 1. The molecule has 0 amide bonds. The number of hydrogen-bond donors (Lipinski definition) is 0. The molecule has 2 aromatic carbocycles. The molecule has 25 heavy (non-hydrogen) atoms. The first-order valence-electron chi connectivity index (χ1n) is 7.64. The van der Waals surface area contributed by atoms with E-state index in [2.05, 4.69) is 0 Å². The second-order valence-electron chi connectivity index (χ2n) is 5.61. The SMILES string of the molecule is COc1ccc(C(=O)O[C@H](C)c2ccccc2)cc1S(=O)(=O)N(C)C. The molecule has 134 valence electrons. The average molecular weight is 363 g/mol. The van der Waals surface area contributed by atoms with Crippen LogP contribution in [-0.4, -0.2) is 39.9 Å². The van der Waals surface area contributed by atoms with Crippen LogP contribution in [0.2, 0.25) is 0 Å². The molecule has 0 saturated carbocycles. The summed E-state index contributed by atoms with van der Waals surface area (Å²) in [7, 11) is 0.447. The van der Waals surface area contributed by atoms with Gasteiger partial charge in [-0.1, -0.05) is 30.3 Å². The summed E-state index contributed by atoms with van der Waals surface area (Å²) in [6.07, 6.45) is -0.454. The third-order valence-corrected chi connectivity index (χ3v) is 5.55. The van der Waals surface area contributed by atoms with Crippen LogP contribution in [0.15, 0.2) is 53.4 Å². The Hall–Kier alpha value is -2.38. The molecular weight excluding hydrogens is 342 g/mol. The van der Waals surface area contributed by atoms with Gasteiger partial charge >= 0.3 is 5.97 Å². The maximum absolute atomic E-state index is 12.4. The maximum atomic E-state index is 12.4. The van der Waals surface area contributed by atoms with E-state index in [0.717, 1.165) is 9.87 Å². The number of methoxy groups -OCH3 is 1. The molecule has 0 fully saturated rings. The number of hydrogen-bond acceptors (Lipinski definition) is 5. The van der Waals surface area contributed by atoms with Gasteiger partial charge in [-0.25, -0.2) is 17.5 Å². The highest BCUT2D eigenvalue weighted by atomic mass is 32.2. The van der Waals surface area contributed by atoms with E-state index >= 15 is 0 Å². The molecule has 2 aromatic rings. The summed E-state index contributed by atoms with van der Waals surface area (Å²) >= 11 is 0. The van der Waals surface area contributed by atoms with Crippen LogP contribution in [0.5, 0.6) is 5.75 Å². The molecule has 0 unspecified atom stereocenters. The van der Waals surface area contributed by atoms with Gasteiger partial charge in [-0.05, 0) is 30.7 Å². The Morgan fingerprint density at radius 2 is 1.72 bits per heavy atom. The zero-order valence-corrected chi connectivity index (χ0v) is 15.4. The van der Waals surface area contributed by atoms with Crippen LogP contribution in [0, 0.1) is 0 Å². The Morgan fingerprint density at radius 1 is 1.08 bits per heavy atom. The number of benzene rings is 2. The van der Waals surface area contributed by atoms with Crippen molar-refractivity contribution in [1.82, 2.24) is 4.31 Å². The van der Waals surface area contributed by atoms with Gasteiger partial charge in [0.2, 0.25) is 10.0 Å². The lowest BCUT2D eigenvalue weighted by atomic mass is 10.1. The lowest BCUT2D eigenvalue weighted by molar-refractivity contribution is 0.0337. The van der Waals surface area contributed by atoms with Crippen molar-refractivity contribution >= 4 is 16.0 Å². The third kappa shape index (κ3) is 4.18. The van der Waals surface area contributed by atoms with Crippen LogP contribution in [0.25, 0.3) is 0 Å². The van der Waals surface area contributed by atoms with Crippen LogP contribution in [0.3, 0.4) is 0 Å². The molecule has 0 aromatic heterocycles. The number of carbonyl (C=O) groups excluding carboxylic acids is 1. The highest BCUT2D eigenvalue weighted by Gasteiger charge is 2.24. The smallest absolute Gasteiger partial charge is 0.338 e. The Labute approximate surface area is 148 Å². The number of sulfonamides is 1. The predicted octanol–water partition coefficient (Wildman–Crippen LogP) is 2.86. The first kappa shape index (κ1) is 19.0. The summed E-state index contributed by atoms with van der Waals surface area (Å²) in [4.78, 5) is 12.3. The van der Waals surface area contributed by atoms with Crippen LogP contribution >= 0.6 is 0 Å². The molecule has 6 nitrogen and oxygen atoms in total. The van der Waals surface area contributed by atoms with Crippen molar-refractivity contribution in [3.8, 4) is 5.75 Å². The van der Waals surface area contributed by atoms with Gasteiger partial charge in [0.05, 0.1) is 12.7 Å². The second-order valence-corrected chi connectivity index (χ2v) is 7.73. The standard InChI is InChI=1S/C18H21NO5S/c1-13(14-8-6-5-7-9-14)24-18(20)15-10-11-16(23-4)17(12-15)25(21,22)19(2)3/h5-13H,1-4H3/t13-/m1/s1. The van der Waals surface area contributed by atoms with Crippen LogP contribution < -0.4 is 4.74 Å². The zero-order chi connectivity index (χ0) is 18.6. The molecule has 0 spiro atoms. The predicted molar refractivity (Wildman–Crippen MR) is 94.1 cm³/mol. The minimum atomic E-state index is -3.76. The lowest BCUT2D eigenvalue weighted by Gasteiger charge is -2.17. The fourth-order valence-electron chi connectivity index (χ4n) is 2.22. The molecular formula is C18H21NO5S. The van der Waals surface area contributed by atoms with Crippen molar-refractivity contribution in [3.63, 3.8) is 0 Å². The van der Waals surface area contributed by atoms with E-state index in [1.54, 1.807) is 6.92 Å². The summed E-state index contributed by atoms with van der Waals surface area (Å²) in [5.41, 5.74) is 0.995. The maximum Gasteiger partial charge on any atom is 0.338 e. The van der Waals surface area contributed by atoms with E-state index in [0.29, 0.717) is 0 Å². The van der Waals surface area contributed by atoms with Gasteiger partial charge in [0, 0.05) is 14.1 Å². The third-order valence-electron chi connectivity index (χ3n) is 3.71. The molecule has 0 aliphatic rings. The summed E-state index contributed by atoms with van der Waals surface area (Å²) in [5.74, 6) is -0.435. The topological polar surface area (TPSA) is 72.9 Å². The molecule has 0 radical (unpaired) electrons. The number of nitrogens with zero attached hydrogens (tertiary/aromatic N) is 1. The van der Waals surface area contributed by atoms with Gasteiger partial charge in [-0.2, -0.15) is 0 Å². The average Bonchev–Trinajstić information content (AvgIpc) is 2.61. The molecule has 0 N–H and O–H groups in total. The minimum absolute atomic E-state index is 0.0817. The number of ether oxygens (including phenoxy) is 2. The van der Waals surface area contributed by atoms with Crippen molar-refractivity contribution in [3.05, 3.63) is 59.7 Å². The molecule has 0 saturated heterocycles. The fourth-order valence-corrected chi connectivity index (χ4v) is 3.30.